The molecule has 1 spiro atoms. The fourth-order valence-electron chi connectivity index (χ4n) is 7.95. The van der Waals surface area contributed by atoms with Crippen molar-refractivity contribution in [3.05, 3.63) is 33.8 Å². The summed E-state index contributed by atoms with van der Waals surface area (Å²) >= 11 is 12.6. The van der Waals surface area contributed by atoms with Crippen LogP contribution in [0.25, 0.3) is 0 Å². The predicted molar refractivity (Wildman–Crippen MR) is 216 cm³/mol. The number of nitrogens with zero attached hydrogens (tertiary/aromatic N) is 3. The Morgan fingerprint density at radius 2 is 1.68 bits per heavy atom. The van der Waals surface area contributed by atoms with Crippen molar-refractivity contribution in [1.82, 2.24) is 36.0 Å². The highest BCUT2D eigenvalue weighted by Crippen LogP contribution is 2.46. The Balaban J connectivity index is 1.64. The van der Waals surface area contributed by atoms with E-state index in [0.717, 1.165) is 9.80 Å². The third kappa shape index (κ3) is 11.9. The maximum absolute atomic E-state index is 14.5. The zero-order chi connectivity index (χ0) is 47.6. The number of nitrogens with one attached hydrogen (secondary N) is 4. The van der Waals surface area contributed by atoms with Crippen LogP contribution in [0.2, 0.25) is 10.0 Å². The number of aliphatic hydroxyl groups is 1. The minimum atomic E-state index is -5.46. The molecule has 0 bridgehead atoms. The van der Waals surface area contributed by atoms with Gasteiger partial charge in [-0.05, 0) is 69.2 Å². The first-order valence-corrected chi connectivity index (χ1v) is 21.1. The van der Waals surface area contributed by atoms with E-state index in [2.05, 4.69) is 21.3 Å². The molecule has 5 N–H and O–H groups in total. The molecule has 23 heteroatoms. The van der Waals surface area contributed by atoms with Gasteiger partial charge in [0.2, 0.25) is 41.0 Å². The smallest absolute Gasteiger partial charge is 0.373 e. The van der Waals surface area contributed by atoms with Crippen molar-refractivity contribution >= 4 is 64.6 Å². The monoisotopic (exact) mass is 943 g/mol. The molecule has 2 saturated heterocycles. The molecule has 0 unspecified atom stereocenters. The van der Waals surface area contributed by atoms with Gasteiger partial charge in [-0.25, -0.2) is 13.2 Å². The summed E-state index contributed by atoms with van der Waals surface area (Å²) in [5, 5.41) is 20.3. The Morgan fingerprint density at radius 1 is 1.05 bits per heavy atom. The topological polar surface area (TPSA) is 198 Å². The molecule has 3 aliphatic rings. The van der Waals surface area contributed by atoms with Crippen LogP contribution in [0.3, 0.4) is 0 Å². The SMILES string of the molecule is CC(C)C[C@@H]1NC(=O)[C@@H](N(C)C(=O)[C@H](C)NC(=O)[C@@H]2C[C@@H](F)CN2C(=O)[C@@](C)(O)C(F)(F)F)CCCCNC(=O)C2(CC(F)(F)C2)NC(=O)[C@H](Cc2cc(Cl)ccc2Cl)N(C)C1=O. The van der Waals surface area contributed by atoms with Crippen LogP contribution in [0.4, 0.5) is 26.3 Å². The number of carbonyl (C=O) groups excluding carboxylic acids is 7. The number of hydrogen-bond donors (Lipinski definition) is 5. The molecule has 3 fully saturated rings. The molecule has 1 saturated carbocycles. The first-order valence-electron chi connectivity index (χ1n) is 20.3. The second kappa shape index (κ2) is 19.8. The van der Waals surface area contributed by atoms with E-state index in [1.807, 2.05) is 0 Å². The maximum Gasteiger partial charge on any atom is 0.426 e. The predicted octanol–water partition coefficient (Wildman–Crippen LogP) is 3.06. The van der Waals surface area contributed by atoms with Gasteiger partial charge in [0.15, 0.2) is 0 Å². The van der Waals surface area contributed by atoms with Gasteiger partial charge in [0, 0.05) is 56.4 Å². The number of halogens is 8. The molecule has 1 aromatic rings. The molecular weight excluding hydrogens is 891 g/mol. The van der Waals surface area contributed by atoms with Gasteiger partial charge < -0.3 is 41.1 Å². The zero-order valence-electron chi connectivity index (χ0n) is 35.5. The van der Waals surface area contributed by atoms with Crippen molar-refractivity contribution < 1.29 is 65.0 Å². The van der Waals surface area contributed by atoms with Crippen molar-refractivity contribution in [3.63, 3.8) is 0 Å². The maximum atomic E-state index is 14.5. The minimum Gasteiger partial charge on any atom is -0.373 e. The van der Waals surface area contributed by atoms with E-state index < -0.39 is 127 Å². The van der Waals surface area contributed by atoms with Crippen LogP contribution < -0.4 is 21.3 Å². The molecule has 1 aromatic carbocycles. The number of hydrogen-bond acceptors (Lipinski definition) is 8. The van der Waals surface area contributed by atoms with Gasteiger partial charge in [-0.15, -0.1) is 0 Å². The van der Waals surface area contributed by atoms with E-state index >= 15 is 0 Å². The molecule has 63 heavy (non-hydrogen) atoms. The number of likely N-dealkylation sites (tertiary alicyclic amines) is 1. The fraction of sp³-hybridized carbons (Fsp3) is 0.675. The van der Waals surface area contributed by atoms with Gasteiger partial charge in [-0.3, -0.25) is 33.6 Å². The van der Waals surface area contributed by atoms with Crippen LogP contribution in [0.15, 0.2) is 18.2 Å². The van der Waals surface area contributed by atoms with Crippen LogP contribution in [-0.4, -0.2) is 148 Å². The molecule has 2 heterocycles. The van der Waals surface area contributed by atoms with E-state index in [1.54, 1.807) is 13.8 Å². The molecular formula is C40H53Cl2F6N7O8. The quantitative estimate of drug-likeness (QED) is 0.233. The minimum absolute atomic E-state index is 0.00395. The van der Waals surface area contributed by atoms with Crippen LogP contribution in [0.5, 0.6) is 0 Å². The second-order valence-corrected chi connectivity index (χ2v) is 18.0. The lowest BCUT2D eigenvalue weighted by molar-refractivity contribution is -0.250. The molecule has 4 rings (SSSR count). The van der Waals surface area contributed by atoms with Crippen molar-refractivity contribution in [3.8, 4) is 0 Å². The van der Waals surface area contributed by atoms with E-state index in [9.17, 15) is 65.0 Å². The average Bonchev–Trinajstić information content (AvgIpc) is 3.57. The summed E-state index contributed by atoms with van der Waals surface area (Å²) in [6.07, 6.45) is -10.3. The molecule has 2 aliphatic heterocycles. The number of carbonyl (C=O) groups is 7. The summed E-state index contributed by atoms with van der Waals surface area (Å²) in [4.78, 5) is 98.5. The van der Waals surface area contributed by atoms with Gasteiger partial charge in [0.25, 0.3) is 11.8 Å². The summed E-state index contributed by atoms with van der Waals surface area (Å²) in [5.74, 6) is -11.2. The zero-order valence-corrected chi connectivity index (χ0v) is 37.0. The van der Waals surface area contributed by atoms with Crippen molar-refractivity contribution in [2.45, 2.75) is 139 Å². The molecule has 7 atom stereocenters. The van der Waals surface area contributed by atoms with Gasteiger partial charge in [-0.1, -0.05) is 37.0 Å². The van der Waals surface area contributed by atoms with Crippen LogP contribution in [-0.2, 0) is 40.0 Å². The highest BCUT2D eigenvalue weighted by atomic mass is 35.5. The number of rotatable bonds is 9. The van der Waals surface area contributed by atoms with Crippen molar-refractivity contribution in [1.29, 1.82) is 0 Å². The lowest BCUT2D eigenvalue weighted by atomic mass is 9.72. The molecule has 0 radical (unpaired) electrons. The van der Waals surface area contributed by atoms with Crippen molar-refractivity contribution in [2.24, 2.45) is 5.92 Å². The Labute approximate surface area is 370 Å². The van der Waals surface area contributed by atoms with Gasteiger partial charge in [0.05, 0.1) is 6.54 Å². The van der Waals surface area contributed by atoms with Gasteiger partial charge >= 0.3 is 6.18 Å². The summed E-state index contributed by atoms with van der Waals surface area (Å²) in [5.41, 5.74) is -5.69. The summed E-state index contributed by atoms with van der Waals surface area (Å²) < 4.78 is 83.9. The lowest BCUT2D eigenvalue weighted by Gasteiger charge is -2.47. The molecule has 352 valence electrons. The second-order valence-electron chi connectivity index (χ2n) is 17.2. The third-order valence-corrected chi connectivity index (χ3v) is 12.2. The molecule has 1 aliphatic carbocycles. The first kappa shape index (κ1) is 51.3. The third-order valence-electron chi connectivity index (χ3n) is 11.6. The van der Waals surface area contributed by atoms with Gasteiger partial charge in [-0.2, -0.15) is 13.2 Å². The van der Waals surface area contributed by atoms with Crippen molar-refractivity contribution in [2.75, 3.05) is 27.2 Å². The summed E-state index contributed by atoms with van der Waals surface area (Å²) in [6, 6.07) is -3.19. The summed E-state index contributed by atoms with van der Waals surface area (Å²) in [6.45, 7) is 3.80. The Morgan fingerprint density at radius 3 is 2.27 bits per heavy atom. The number of likely N-dealkylation sites (N-methyl/N-ethyl adjacent to an activating group) is 2. The van der Waals surface area contributed by atoms with E-state index in [1.165, 1.54) is 39.2 Å². The van der Waals surface area contributed by atoms with E-state index in [0.29, 0.717) is 5.56 Å². The molecule has 15 nitrogen and oxygen atoms in total. The first-order chi connectivity index (χ1) is 29.0. The highest BCUT2D eigenvalue weighted by molar-refractivity contribution is 6.33. The van der Waals surface area contributed by atoms with E-state index in [4.69, 9.17) is 23.2 Å². The van der Waals surface area contributed by atoms with Crippen LogP contribution in [0.1, 0.15) is 78.2 Å². The number of alkyl halides is 6. The lowest BCUT2D eigenvalue weighted by Crippen LogP contribution is -2.71. The number of amides is 7. The highest BCUT2D eigenvalue weighted by Gasteiger charge is 2.62. The standard InChI is InChI=1S/C40H53Cl2F6N7O8/c1-20(2)13-26-34(60)54(6)28(15-22-14-23(41)10-11-25(22)42)32(58)52-38(18-39(44,45)19-38)35(61)49-12-8-7-9-27(30(56)51-26)53(5)33(59)21(3)50-31(57)29-16-24(43)17-55(29)36(62)37(4,63)40(46,47)48/h10-11,14,20-21,24,26-29,63H,7-9,12-13,15-19H2,1-6H3,(H,49,61)(H,50,57)(H,51,56)(H,52,58)/t21-,24+,26-,27-,28-,29-,37+/m0/s1. The number of benzene rings is 1. The van der Waals surface area contributed by atoms with Gasteiger partial charge in [0.1, 0.15) is 41.9 Å². The average molecular weight is 945 g/mol. The fourth-order valence-corrected chi connectivity index (χ4v) is 8.34. The molecule has 7 amide bonds. The van der Waals surface area contributed by atoms with Crippen LogP contribution >= 0.6 is 23.2 Å². The molecule has 0 aromatic heterocycles. The summed E-state index contributed by atoms with van der Waals surface area (Å²) in [7, 11) is 2.46. The van der Waals surface area contributed by atoms with Crippen LogP contribution in [0, 0.1) is 5.92 Å². The normalized spacial score (nSPS) is 26.3. The Kier molecular flexibility index (Phi) is 16.1. The Hall–Kier alpha value is -4.37. The Bertz CT molecular complexity index is 1930. The van der Waals surface area contributed by atoms with E-state index in [-0.39, 0.29) is 66.4 Å². The largest absolute Gasteiger partial charge is 0.426 e.